The summed E-state index contributed by atoms with van der Waals surface area (Å²) >= 11 is 3.51. The van der Waals surface area contributed by atoms with Crippen molar-refractivity contribution in [3.8, 4) is 0 Å². The second kappa shape index (κ2) is 6.12. The third kappa shape index (κ3) is 3.18. The van der Waals surface area contributed by atoms with Gasteiger partial charge in [-0.25, -0.2) is 0 Å². The van der Waals surface area contributed by atoms with Crippen LogP contribution in [-0.2, 0) is 6.42 Å². The fourth-order valence-electron chi connectivity index (χ4n) is 2.13. The molecule has 0 saturated heterocycles. The number of halogens is 1. The highest BCUT2D eigenvalue weighted by atomic mass is 79.9. The van der Waals surface area contributed by atoms with Crippen molar-refractivity contribution in [3.05, 3.63) is 63.9 Å². The van der Waals surface area contributed by atoms with E-state index in [2.05, 4.69) is 57.4 Å². The lowest BCUT2D eigenvalue weighted by atomic mass is 9.98. The molecule has 0 bridgehead atoms. The fraction of sp³-hybridized carbons (Fsp3) is 0.267. The molecule has 94 valence electrons. The first-order chi connectivity index (χ1) is 8.70. The van der Waals surface area contributed by atoms with Gasteiger partial charge in [-0.15, -0.1) is 0 Å². The van der Waals surface area contributed by atoms with E-state index in [0.717, 1.165) is 16.6 Å². The van der Waals surface area contributed by atoms with Crippen molar-refractivity contribution in [2.45, 2.75) is 19.4 Å². The lowest BCUT2D eigenvalue weighted by Crippen LogP contribution is -2.20. The monoisotopic (exact) mass is 304 g/mol. The van der Waals surface area contributed by atoms with E-state index in [9.17, 15) is 0 Å². The van der Waals surface area contributed by atoms with E-state index in [-0.39, 0.29) is 0 Å². The molecule has 0 radical (unpaired) electrons. The third-order valence-corrected chi connectivity index (χ3v) is 3.59. The highest BCUT2D eigenvalue weighted by Crippen LogP contribution is 2.21. The van der Waals surface area contributed by atoms with Gasteiger partial charge in [-0.3, -0.25) is 4.98 Å². The number of benzene rings is 1. The fourth-order valence-corrected chi connectivity index (χ4v) is 2.58. The van der Waals surface area contributed by atoms with Crippen LogP contribution >= 0.6 is 15.9 Å². The number of nitrogens with one attached hydrogen (secondary N) is 1. The zero-order valence-corrected chi connectivity index (χ0v) is 12.2. The molecule has 1 aromatic carbocycles. The summed E-state index contributed by atoms with van der Waals surface area (Å²) in [4.78, 5) is 4.36. The lowest BCUT2D eigenvalue weighted by molar-refractivity contribution is 0.586. The Morgan fingerprint density at radius 1 is 1.28 bits per heavy atom. The third-order valence-electron chi connectivity index (χ3n) is 3.10. The minimum absolute atomic E-state index is 0.299. The van der Waals surface area contributed by atoms with Crippen LogP contribution in [0.2, 0.25) is 0 Å². The molecule has 1 heterocycles. The molecule has 0 aliphatic rings. The van der Waals surface area contributed by atoms with Gasteiger partial charge in [0.2, 0.25) is 0 Å². The van der Waals surface area contributed by atoms with Gasteiger partial charge in [0.15, 0.2) is 0 Å². The Morgan fingerprint density at radius 3 is 2.78 bits per heavy atom. The number of aromatic nitrogens is 1. The van der Waals surface area contributed by atoms with Gasteiger partial charge in [0, 0.05) is 22.4 Å². The smallest absolute Gasteiger partial charge is 0.0420 e. The molecule has 2 nitrogen and oxygen atoms in total. The standard InChI is InChI=1S/C15H17BrN2/c1-11-14(7-4-8-18-11)15(17-2)10-12-5-3-6-13(16)9-12/h3-9,15,17H,10H2,1-2H3. The molecule has 1 unspecified atom stereocenters. The SMILES string of the molecule is CNC(Cc1cccc(Br)c1)c1cccnc1C. The molecule has 0 fully saturated rings. The Kier molecular flexibility index (Phi) is 4.50. The highest BCUT2D eigenvalue weighted by Gasteiger charge is 2.12. The molecule has 1 atom stereocenters. The summed E-state index contributed by atoms with van der Waals surface area (Å²) in [6.45, 7) is 2.06. The van der Waals surface area contributed by atoms with Crippen LogP contribution in [0.3, 0.4) is 0 Å². The van der Waals surface area contributed by atoms with E-state index in [4.69, 9.17) is 0 Å². The summed E-state index contributed by atoms with van der Waals surface area (Å²) in [7, 11) is 2.00. The Balaban J connectivity index is 2.23. The van der Waals surface area contributed by atoms with Crippen LogP contribution in [0.5, 0.6) is 0 Å². The van der Waals surface area contributed by atoms with Crippen molar-refractivity contribution >= 4 is 15.9 Å². The van der Waals surface area contributed by atoms with Gasteiger partial charge in [-0.1, -0.05) is 34.1 Å². The van der Waals surface area contributed by atoms with Crippen LogP contribution < -0.4 is 5.32 Å². The van der Waals surface area contributed by atoms with Crippen molar-refractivity contribution in [2.75, 3.05) is 7.05 Å². The van der Waals surface area contributed by atoms with Crippen molar-refractivity contribution in [1.82, 2.24) is 10.3 Å². The molecule has 18 heavy (non-hydrogen) atoms. The maximum atomic E-state index is 4.36. The van der Waals surface area contributed by atoms with Crippen molar-refractivity contribution in [3.63, 3.8) is 0 Å². The normalized spacial score (nSPS) is 12.4. The molecular formula is C15H17BrN2. The van der Waals surface area contributed by atoms with Gasteiger partial charge >= 0.3 is 0 Å². The average molecular weight is 305 g/mol. The second-order valence-corrected chi connectivity index (χ2v) is 5.27. The summed E-state index contributed by atoms with van der Waals surface area (Å²) in [5.41, 5.74) is 3.67. The van der Waals surface area contributed by atoms with Gasteiger partial charge in [-0.05, 0) is 49.7 Å². The first kappa shape index (κ1) is 13.2. The summed E-state index contributed by atoms with van der Waals surface area (Å²) < 4.78 is 1.12. The number of nitrogens with zero attached hydrogens (tertiary/aromatic N) is 1. The molecule has 2 rings (SSSR count). The Bertz CT molecular complexity index is 525. The van der Waals surface area contributed by atoms with E-state index in [0.29, 0.717) is 6.04 Å². The minimum atomic E-state index is 0.299. The predicted octanol–water partition coefficient (Wildman–Crippen LogP) is 3.66. The molecule has 0 aliphatic carbocycles. The minimum Gasteiger partial charge on any atom is -0.313 e. The van der Waals surface area contributed by atoms with E-state index in [1.54, 1.807) is 0 Å². The average Bonchev–Trinajstić information content (AvgIpc) is 2.37. The first-order valence-corrected chi connectivity index (χ1v) is 6.83. The number of likely N-dealkylation sites (N-methyl/N-ethyl adjacent to an activating group) is 1. The first-order valence-electron chi connectivity index (χ1n) is 6.04. The van der Waals surface area contributed by atoms with Crippen molar-refractivity contribution in [2.24, 2.45) is 0 Å². The van der Waals surface area contributed by atoms with E-state index >= 15 is 0 Å². The Morgan fingerprint density at radius 2 is 2.11 bits per heavy atom. The number of hydrogen-bond acceptors (Lipinski definition) is 2. The topological polar surface area (TPSA) is 24.9 Å². The Hall–Kier alpha value is -1.19. The summed E-state index contributed by atoms with van der Waals surface area (Å²) in [5.74, 6) is 0. The van der Waals surface area contributed by atoms with Crippen LogP contribution in [-0.4, -0.2) is 12.0 Å². The summed E-state index contributed by atoms with van der Waals surface area (Å²) in [5, 5.41) is 3.37. The second-order valence-electron chi connectivity index (χ2n) is 4.35. The Labute approximate surface area is 117 Å². The highest BCUT2D eigenvalue weighted by molar-refractivity contribution is 9.10. The van der Waals surface area contributed by atoms with Crippen LogP contribution in [0, 0.1) is 6.92 Å². The zero-order chi connectivity index (χ0) is 13.0. The number of pyridine rings is 1. The van der Waals surface area contributed by atoms with Gasteiger partial charge in [0.25, 0.3) is 0 Å². The maximum Gasteiger partial charge on any atom is 0.0420 e. The number of rotatable bonds is 4. The van der Waals surface area contributed by atoms with E-state index in [1.165, 1.54) is 11.1 Å². The van der Waals surface area contributed by atoms with Crippen LogP contribution in [0.1, 0.15) is 22.9 Å². The summed E-state index contributed by atoms with van der Waals surface area (Å²) in [6, 6.07) is 12.9. The van der Waals surface area contributed by atoms with Gasteiger partial charge in [0.05, 0.1) is 0 Å². The summed E-state index contributed by atoms with van der Waals surface area (Å²) in [6.07, 6.45) is 2.80. The zero-order valence-electron chi connectivity index (χ0n) is 10.7. The quantitative estimate of drug-likeness (QED) is 0.932. The lowest BCUT2D eigenvalue weighted by Gasteiger charge is -2.18. The number of aryl methyl sites for hydroxylation is 1. The maximum absolute atomic E-state index is 4.36. The van der Waals surface area contributed by atoms with E-state index < -0.39 is 0 Å². The van der Waals surface area contributed by atoms with Crippen LogP contribution in [0.4, 0.5) is 0 Å². The van der Waals surface area contributed by atoms with E-state index in [1.807, 2.05) is 25.4 Å². The molecule has 1 N–H and O–H groups in total. The van der Waals surface area contributed by atoms with Crippen LogP contribution in [0.25, 0.3) is 0 Å². The molecular weight excluding hydrogens is 288 g/mol. The molecule has 0 saturated carbocycles. The molecule has 0 aliphatic heterocycles. The van der Waals surface area contributed by atoms with Gasteiger partial charge in [0.1, 0.15) is 0 Å². The van der Waals surface area contributed by atoms with Crippen molar-refractivity contribution < 1.29 is 0 Å². The molecule has 1 aromatic heterocycles. The van der Waals surface area contributed by atoms with Gasteiger partial charge < -0.3 is 5.32 Å². The molecule has 0 spiro atoms. The van der Waals surface area contributed by atoms with Crippen molar-refractivity contribution in [1.29, 1.82) is 0 Å². The molecule has 0 amide bonds. The largest absolute Gasteiger partial charge is 0.313 e. The number of hydrogen-bond donors (Lipinski definition) is 1. The van der Waals surface area contributed by atoms with Gasteiger partial charge in [-0.2, -0.15) is 0 Å². The molecule has 2 aromatic rings. The molecule has 3 heteroatoms. The van der Waals surface area contributed by atoms with Crippen LogP contribution in [0.15, 0.2) is 47.1 Å². The predicted molar refractivity (Wildman–Crippen MR) is 78.6 cm³/mol.